The third-order valence-electron chi connectivity index (χ3n) is 4.56. The summed E-state index contributed by atoms with van der Waals surface area (Å²) >= 11 is 0. The van der Waals surface area contributed by atoms with Crippen LogP contribution < -0.4 is 10.6 Å². The molecular formula is C20H28N2O4. The first-order valence-electron chi connectivity index (χ1n) is 9.29. The summed E-state index contributed by atoms with van der Waals surface area (Å²) in [5, 5.41) is 5.60. The zero-order valence-corrected chi connectivity index (χ0v) is 15.5. The molecule has 6 heteroatoms. The van der Waals surface area contributed by atoms with E-state index in [1.807, 2.05) is 19.9 Å². The Hall–Kier alpha value is -2.37. The number of benzene rings is 1. The molecule has 2 rings (SSSR count). The van der Waals surface area contributed by atoms with Crippen molar-refractivity contribution in [2.75, 3.05) is 6.61 Å². The van der Waals surface area contributed by atoms with Gasteiger partial charge in [-0.3, -0.25) is 9.59 Å². The van der Waals surface area contributed by atoms with Crippen LogP contribution in [0.25, 0.3) is 0 Å². The van der Waals surface area contributed by atoms with Gasteiger partial charge in [0.1, 0.15) is 6.04 Å². The van der Waals surface area contributed by atoms with Crippen molar-refractivity contribution in [3.8, 4) is 0 Å². The number of rotatable bonds is 7. The molecule has 1 atom stereocenters. The predicted molar refractivity (Wildman–Crippen MR) is 98.5 cm³/mol. The highest BCUT2D eigenvalue weighted by Gasteiger charge is 2.27. The van der Waals surface area contributed by atoms with Crippen molar-refractivity contribution < 1.29 is 19.1 Å². The van der Waals surface area contributed by atoms with Crippen molar-refractivity contribution in [1.82, 2.24) is 10.6 Å². The standard InChI is InChI=1S/C20H28N2O4/c1-14(2)18(22-19(24)15-9-5-3-6-10-15)20(25)26-13-17(23)21-16-11-7-4-8-12-16/h3,5-6,9-10,14,16,18H,4,7-8,11-13H2,1-2H3,(H,21,23)(H,22,24)/t18-/m0/s1. The molecule has 6 nitrogen and oxygen atoms in total. The highest BCUT2D eigenvalue weighted by molar-refractivity contribution is 5.97. The van der Waals surface area contributed by atoms with Gasteiger partial charge in [-0.15, -0.1) is 0 Å². The summed E-state index contributed by atoms with van der Waals surface area (Å²) in [5.41, 5.74) is 0.473. The van der Waals surface area contributed by atoms with Crippen LogP contribution in [0.2, 0.25) is 0 Å². The molecule has 0 heterocycles. The Bertz CT molecular complexity index is 609. The third kappa shape index (κ3) is 6.17. The van der Waals surface area contributed by atoms with Gasteiger partial charge >= 0.3 is 5.97 Å². The fourth-order valence-corrected chi connectivity index (χ4v) is 3.05. The van der Waals surface area contributed by atoms with E-state index in [1.54, 1.807) is 24.3 Å². The fourth-order valence-electron chi connectivity index (χ4n) is 3.05. The second-order valence-corrected chi connectivity index (χ2v) is 7.07. The highest BCUT2D eigenvalue weighted by atomic mass is 16.5. The van der Waals surface area contributed by atoms with Crippen LogP contribution in [0.3, 0.4) is 0 Å². The van der Waals surface area contributed by atoms with E-state index in [2.05, 4.69) is 10.6 Å². The van der Waals surface area contributed by atoms with Crippen molar-refractivity contribution in [3.63, 3.8) is 0 Å². The lowest BCUT2D eigenvalue weighted by atomic mass is 9.95. The van der Waals surface area contributed by atoms with Crippen LogP contribution in [0.1, 0.15) is 56.3 Å². The SMILES string of the molecule is CC(C)[C@H](NC(=O)c1ccccc1)C(=O)OCC(=O)NC1CCCCC1. The Morgan fingerprint density at radius 2 is 1.73 bits per heavy atom. The van der Waals surface area contributed by atoms with Crippen LogP contribution in [0.15, 0.2) is 30.3 Å². The zero-order valence-electron chi connectivity index (χ0n) is 15.5. The Labute approximate surface area is 154 Å². The van der Waals surface area contributed by atoms with Gasteiger partial charge in [-0.2, -0.15) is 0 Å². The molecule has 2 N–H and O–H groups in total. The van der Waals surface area contributed by atoms with Gasteiger partial charge in [0.15, 0.2) is 6.61 Å². The van der Waals surface area contributed by atoms with E-state index in [9.17, 15) is 14.4 Å². The molecule has 26 heavy (non-hydrogen) atoms. The molecule has 0 radical (unpaired) electrons. The first-order valence-corrected chi connectivity index (χ1v) is 9.29. The van der Waals surface area contributed by atoms with Crippen molar-refractivity contribution in [2.24, 2.45) is 5.92 Å². The van der Waals surface area contributed by atoms with Gasteiger partial charge in [-0.05, 0) is 30.9 Å². The first kappa shape index (κ1) is 19.9. The summed E-state index contributed by atoms with van der Waals surface area (Å²) < 4.78 is 5.14. The number of hydrogen-bond acceptors (Lipinski definition) is 4. The van der Waals surface area contributed by atoms with E-state index in [-0.39, 0.29) is 30.4 Å². The number of carbonyl (C=O) groups is 3. The van der Waals surface area contributed by atoms with Crippen molar-refractivity contribution >= 4 is 17.8 Å². The number of hydrogen-bond donors (Lipinski definition) is 2. The largest absolute Gasteiger partial charge is 0.454 e. The maximum absolute atomic E-state index is 12.3. The normalized spacial score (nSPS) is 16.0. The van der Waals surface area contributed by atoms with Gasteiger partial charge in [0.25, 0.3) is 11.8 Å². The van der Waals surface area contributed by atoms with E-state index in [0.29, 0.717) is 5.56 Å². The number of carbonyl (C=O) groups excluding carboxylic acids is 3. The molecule has 1 saturated carbocycles. The Morgan fingerprint density at radius 1 is 1.08 bits per heavy atom. The maximum atomic E-state index is 12.3. The van der Waals surface area contributed by atoms with Gasteiger partial charge in [-0.1, -0.05) is 51.3 Å². The number of nitrogens with one attached hydrogen (secondary N) is 2. The van der Waals surface area contributed by atoms with E-state index in [0.717, 1.165) is 25.7 Å². The van der Waals surface area contributed by atoms with Crippen LogP contribution in [0.5, 0.6) is 0 Å². The second kappa shape index (κ2) is 9.94. The quantitative estimate of drug-likeness (QED) is 0.732. The minimum atomic E-state index is -0.801. The number of esters is 1. The van der Waals surface area contributed by atoms with E-state index < -0.39 is 12.0 Å². The Balaban J connectivity index is 1.83. The maximum Gasteiger partial charge on any atom is 0.329 e. The lowest BCUT2D eigenvalue weighted by Crippen LogP contribution is -2.46. The summed E-state index contributed by atoms with van der Waals surface area (Å²) in [6.45, 7) is 3.32. The Morgan fingerprint density at radius 3 is 2.35 bits per heavy atom. The predicted octanol–water partition coefficient (Wildman–Crippen LogP) is 2.43. The molecule has 0 aromatic heterocycles. The van der Waals surface area contributed by atoms with E-state index >= 15 is 0 Å². The molecule has 0 saturated heterocycles. The smallest absolute Gasteiger partial charge is 0.329 e. The molecular weight excluding hydrogens is 332 g/mol. The zero-order chi connectivity index (χ0) is 18.9. The monoisotopic (exact) mass is 360 g/mol. The molecule has 0 unspecified atom stereocenters. The molecule has 1 aromatic rings. The third-order valence-corrected chi connectivity index (χ3v) is 4.56. The molecule has 1 aliphatic rings. The minimum absolute atomic E-state index is 0.156. The highest BCUT2D eigenvalue weighted by Crippen LogP contribution is 2.17. The second-order valence-electron chi connectivity index (χ2n) is 7.07. The molecule has 0 spiro atoms. The van der Waals surface area contributed by atoms with Crippen molar-refractivity contribution in [3.05, 3.63) is 35.9 Å². The summed E-state index contributed by atoms with van der Waals surface area (Å²) in [4.78, 5) is 36.6. The fraction of sp³-hybridized carbons (Fsp3) is 0.550. The van der Waals surface area contributed by atoms with Crippen molar-refractivity contribution in [1.29, 1.82) is 0 Å². The Kier molecular flexibility index (Phi) is 7.63. The molecule has 0 bridgehead atoms. The average molecular weight is 360 g/mol. The van der Waals surface area contributed by atoms with Gasteiger partial charge < -0.3 is 15.4 Å². The molecule has 2 amide bonds. The van der Waals surface area contributed by atoms with Gasteiger partial charge in [0, 0.05) is 11.6 Å². The number of amides is 2. The lowest BCUT2D eigenvalue weighted by molar-refractivity contribution is -0.151. The van der Waals surface area contributed by atoms with Crippen molar-refractivity contribution in [2.45, 2.75) is 58.0 Å². The molecule has 1 aromatic carbocycles. The summed E-state index contributed by atoms with van der Waals surface area (Å²) in [6, 6.07) is 8.06. The van der Waals surface area contributed by atoms with Crippen LogP contribution in [-0.4, -0.2) is 36.5 Å². The molecule has 1 aliphatic carbocycles. The summed E-state index contributed by atoms with van der Waals surface area (Å²) in [7, 11) is 0. The van der Waals surface area contributed by atoms with Crippen LogP contribution >= 0.6 is 0 Å². The average Bonchev–Trinajstić information content (AvgIpc) is 2.65. The molecule has 142 valence electrons. The summed E-state index contributed by atoms with van der Waals surface area (Å²) in [6.07, 6.45) is 5.39. The van der Waals surface area contributed by atoms with E-state index in [1.165, 1.54) is 6.42 Å². The topological polar surface area (TPSA) is 84.5 Å². The number of ether oxygens (including phenoxy) is 1. The van der Waals surface area contributed by atoms with Crippen LogP contribution in [0, 0.1) is 5.92 Å². The van der Waals surface area contributed by atoms with Gasteiger partial charge in [-0.25, -0.2) is 4.79 Å². The van der Waals surface area contributed by atoms with Crippen LogP contribution in [-0.2, 0) is 14.3 Å². The van der Waals surface area contributed by atoms with Gasteiger partial charge in [0.05, 0.1) is 0 Å². The molecule has 1 fully saturated rings. The van der Waals surface area contributed by atoms with Crippen LogP contribution in [0.4, 0.5) is 0 Å². The van der Waals surface area contributed by atoms with Gasteiger partial charge in [0.2, 0.25) is 0 Å². The minimum Gasteiger partial charge on any atom is -0.454 e. The molecule has 0 aliphatic heterocycles. The first-order chi connectivity index (χ1) is 12.5. The van der Waals surface area contributed by atoms with E-state index in [4.69, 9.17) is 4.74 Å². The summed E-state index contributed by atoms with van der Waals surface area (Å²) in [5.74, 6) is -1.38. The lowest BCUT2D eigenvalue weighted by Gasteiger charge is -2.23.